The van der Waals surface area contributed by atoms with Crippen molar-refractivity contribution >= 4 is 23.1 Å². The van der Waals surface area contributed by atoms with Crippen LogP contribution in [0.3, 0.4) is 0 Å². The minimum Gasteiger partial charge on any atom is -0.494 e. The summed E-state index contributed by atoms with van der Waals surface area (Å²) in [6.07, 6.45) is 8.15. The van der Waals surface area contributed by atoms with E-state index >= 15 is 0 Å². The monoisotopic (exact) mass is 274 g/mol. The molecule has 1 amide bonds. The third kappa shape index (κ3) is 2.76. The van der Waals surface area contributed by atoms with Crippen LogP contribution in [0.25, 0.3) is 5.57 Å². The highest BCUT2D eigenvalue weighted by atomic mass is 35.5. The fourth-order valence-electron chi connectivity index (χ4n) is 1.74. The second-order valence-corrected chi connectivity index (χ2v) is 4.12. The maximum atomic E-state index is 11.5. The van der Waals surface area contributed by atoms with Crippen LogP contribution >= 0.6 is 11.6 Å². The number of aromatic nitrogens is 1. The van der Waals surface area contributed by atoms with E-state index in [0.717, 1.165) is 0 Å². The van der Waals surface area contributed by atoms with Crippen molar-refractivity contribution in [2.75, 3.05) is 7.11 Å². The van der Waals surface area contributed by atoms with Crippen LogP contribution < -0.4 is 10.5 Å². The lowest BCUT2D eigenvalue weighted by molar-refractivity contribution is -0.114. The molecule has 4 nitrogen and oxygen atoms in total. The molecule has 0 spiro atoms. The summed E-state index contributed by atoms with van der Waals surface area (Å²) in [4.78, 5) is 15.5. The Labute approximate surface area is 115 Å². The second kappa shape index (κ2) is 5.57. The minimum absolute atomic E-state index is 0.307. The fourth-order valence-corrected chi connectivity index (χ4v) is 1.90. The lowest BCUT2D eigenvalue weighted by Crippen LogP contribution is -2.15. The maximum Gasteiger partial charge on any atom is 0.249 e. The lowest BCUT2D eigenvalue weighted by atomic mass is 9.97. The number of rotatable bonds is 3. The molecule has 0 unspecified atom stereocenters. The van der Waals surface area contributed by atoms with Crippen LogP contribution in [0.15, 0.2) is 47.9 Å². The Bertz CT molecular complexity index is 653. The van der Waals surface area contributed by atoms with Gasteiger partial charge in [0.05, 0.1) is 13.3 Å². The van der Waals surface area contributed by atoms with Crippen LogP contribution in [0.2, 0.25) is 5.15 Å². The molecule has 0 atom stereocenters. The van der Waals surface area contributed by atoms with Gasteiger partial charge in [0.25, 0.3) is 0 Å². The number of halogens is 1. The van der Waals surface area contributed by atoms with Gasteiger partial charge in [-0.1, -0.05) is 11.6 Å². The molecule has 0 aliphatic heterocycles. The van der Waals surface area contributed by atoms with Crippen molar-refractivity contribution in [1.29, 1.82) is 0 Å². The smallest absolute Gasteiger partial charge is 0.249 e. The molecule has 19 heavy (non-hydrogen) atoms. The summed E-state index contributed by atoms with van der Waals surface area (Å²) < 4.78 is 5.24. The predicted octanol–water partition coefficient (Wildman–Crippen LogP) is 2.26. The number of hydrogen-bond acceptors (Lipinski definition) is 3. The molecule has 1 aromatic rings. The van der Waals surface area contributed by atoms with Gasteiger partial charge >= 0.3 is 0 Å². The largest absolute Gasteiger partial charge is 0.494 e. The van der Waals surface area contributed by atoms with Crippen molar-refractivity contribution in [3.63, 3.8) is 0 Å². The number of hydrogen-bond donors (Lipinski definition) is 1. The summed E-state index contributed by atoms with van der Waals surface area (Å²) in [7, 11) is 1.52. The molecule has 0 bridgehead atoms. The van der Waals surface area contributed by atoms with Gasteiger partial charge in [-0.15, -0.1) is 5.73 Å². The third-order valence-electron chi connectivity index (χ3n) is 2.59. The second-order valence-electron chi connectivity index (χ2n) is 3.73. The number of nitrogens with zero attached hydrogens (tertiary/aromatic N) is 1. The highest BCUT2D eigenvalue weighted by Gasteiger charge is 2.17. The number of pyridine rings is 1. The Balaban J connectivity index is 2.62. The predicted molar refractivity (Wildman–Crippen MR) is 73.7 cm³/mol. The molecule has 1 aromatic heterocycles. The fraction of sp³-hybridized carbons (Fsp3) is 0.0714. The highest BCUT2D eigenvalue weighted by molar-refractivity contribution is 6.29. The van der Waals surface area contributed by atoms with Gasteiger partial charge in [-0.3, -0.25) is 4.79 Å². The van der Waals surface area contributed by atoms with Crippen LogP contribution in [0, 0.1) is 0 Å². The van der Waals surface area contributed by atoms with Gasteiger partial charge in [0.15, 0.2) is 0 Å². The van der Waals surface area contributed by atoms with Crippen molar-refractivity contribution < 1.29 is 9.53 Å². The molecule has 5 heteroatoms. The molecule has 0 radical (unpaired) electrons. The molecule has 1 aliphatic rings. The van der Waals surface area contributed by atoms with Crippen LogP contribution in [-0.2, 0) is 4.79 Å². The number of amides is 1. The van der Waals surface area contributed by atoms with E-state index in [9.17, 15) is 4.79 Å². The average Bonchev–Trinajstić information content (AvgIpc) is 2.64. The molecule has 1 aliphatic carbocycles. The third-order valence-corrected chi connectivity index (χ3v) is 2.80. The first-order valence-corrected chi connectivity index (χ1v) is 5.84. The van der Waals surface area contributed by atoms with Gasteiger partial charge in [0.1, 0.15) is 10.9 Å². The van der Waals surface area contributed by atoms with Gasteiger partial charge in [-0.2, -0.15) is 0 Å². The van der Waals surface area contributed by atoms with Crippen molar-refractivity contribution in [2.45, 2.75) is 0 Å². The molecular weight excluding hydrogens is 264 g/mol. The Morgan fingerprint density at radius 3 is 2.84 bits per heavy atom. The van der Waals surface area contributed by atoms with E-state index in [2.05, 4.69) is 10.7 Å². The first kappa shape index (κ1) is 13.1. The molecule has 0 saturated heterocycles. The van der Waals surface area contributed by atoms with Gasteiger partial charge in [-0.05, 0) is 35.9 Å². The molecule has 1 heterocycles. The molecule has 0 aromatic carbocycles. The van der Waals surface area contributed by atoms with Crippen LogP contribution in [-0.4, -0.2) is 18.0 Å². The van der Waals surface area contributed by atoms with Crippen molar-refractivity contribution in [2.24, 2.45) is 5.73 Å². The van der Waals surface area contributed by atoms with Crippen molar-refractivity contribution in [1.82, 2.24) is 4.98 Å². The summed E-state index contributed by atoms with van der Waals surface area (Å²) in [6, 6.07) is 1.63. The van der Waals surface area contributed by atoms with E-state index in [1.54, 1.807) is 30.4 Å². The van der Waals surface area contributed by atoms with E-state index in [1.165, 1.54) is 13.3 Å². The number of primary amides is 1. The van der Waals surface area contributed by atoms with E-state index in [4.69, 9.17) is 22.1 Å². The minimum atomic E-state index is -0.533. The normalized spacial score (nSPS) is 13.6. The van der Waals surface area contributed by atoms with Crippen molar-refractivity contribution in [3.05, 3.63) is 58.6 Å². The Hall–Kier alpha value is -2.29. The van der Waals surface area contributed by atoms with Crippen molar-refractivity contribution in [3.8, 4) is 5.75 Å². The number of allylic oxidation sites excluding steroid dienone is 3. The summed E-state index contributed by atoms with van der Waals surface area (Å²) in [5.41, 5.74) is 9.92. The van der Waals surface area contributed by atoms with Gasteiger partial charge in [-0.25, -0.2) is 4.98 Å². The zero-order chi connectivity index (χ0) is 13.8. The number of ether oxygens (including phenoxy) is 1. The SMILES string of the molecule is COc1cnc(Cl)cc1C1=CC=C=CC=C1C(N)=O. The first-order chi connectivity index (χ1) is 9.13. The molecule has 0 fully saturated rings. The number of methoxy groups -OCH3 is 1. The maximum absolute atomic E-state index is 11.5. The molecule has 2 N–H and O–H groups in total. The zero-order valence-electron chi connectivity index (χ0n) is 10.2. The standard InChI is InChI=1S/C14H11ClN2O2/c1-19-12-8-17-13(15)7-11(12)9-5-3-2-4-6-10(9)14(16)18/h3-8H,1H3,(H2,16,18). The topological polar surface area (TPSA) is 65.2 Å². The number of carbonyl (C=O) groups is 1. The van der Waals surface area contributed by atoms with Gasteiger partial charge in [0.2, 0.25) is 5.91 Å². The molecule has 2 rings (SSSR count). The summed E-state index contributed by atoms with van der Waals surface area (Å²) in [5.74, 6) is -0.0207. The van der Waals surface area contributed by atoms with E-state index in [0.29, 0.717) is 27.6 Å². The Morgan fingerprint density at radius 1 is 1.42 bits per heavy atom. The number of nitrogens with two attached hydrogens (primary N) is 1. The van der Waals surface area contributed by atoms with Crippen LogP contribution in [0.1, 0.15) is 5.56 Å². The molecular formula is C14H11ClN2O2. The quantitative estimate of drug-likeness (QED) is 0.679. The summed E-state index contributed by atoms with van der Waals surface area (Å²) in [5, 5.41) is 0.307. The summed E-state index contributed by atoms with van der Waals surface area (Å²) in [6.45, 7) is 0. The van der Waals surface area contributed by atoms with E-state index in [-0.39, 0.29) is 0 Å². The molecule has 0 saturated carbocycles. The summed E-state index contributed by atoms with van der Waals surface area (Å²) >= 11 is 5.90. The highest BCUT2D eigenvalue weighted by Crippen LogP contribution is 2.32. The lowest BCUT2D eigenvalue weighted by Gasteiger charge is -2.12. The van der Waals surface area contributed by atoms with Gasteiger partial charge in [0, 0.05) is 11.1 Å². The Morgan fingerprint density at radius 2 is 2.16 bits per heavy atom. The average molecular weight is 275 g/mol. The Kier molecular flexibility index (Phi) is 3.85. The zero-order valence-corrected chi connectivity index (χ0v) is 10.9. The van der Waals surface area contributed by atoms with E-state index < -0.39 is 5.91 Å². The van der Waals surface area contributed by atoms with Crippen LogP contribution in [0.4, 0.5) is 0 Å². The molecule has 96 valence electrons. The number of carbonyl (C=O) groups excluding carboxylic acids is 1. The first-order valence-electron chi connectivity index (χ1n) is 5.46. The van der Waals surface area contributed by atoms with E-state index in [1.807, 2.05) is 0 Å². The van der Waals surface area contributed by atoms with Crippen LogP contribution in [0.5, 0.6) is 5.75 Å². The van der Waals surface area contributed by atoms with Gasteiger partial charge < -0.3 is 10.5 Å².